The molecule has 0 spiro atoms. The summed E-state index contributed by atoms with van der Waals surface area (Å²) in [7, 11) is 1.29. The van der Waals surface area contributed by atoms with Crippen LogP contribution in [0.15, 0.2) is 23.1 Å². The molecule has 1 aromatic carbocycles. The number of aliphatic carboxylic acids is 2. The maximum atomic E-state index is 12.7. The zero-order chi connectivity index (χ0) is 34.3. The van der Waals surface area contributed by atoms with Crippen LogP contribution >= 0.6 is 11.8 Å². The van der Waals surface area contributed by atoms with Gasteiger partial charge in [0.25, 0.3) is 5.91 Å². The number of phenols is 2. The molecule has 0 radical (unpaired) electrons. The molecule has 2 amide bonds. The molecule has 0 fully saturated rings. The van der Waals surface area contributed by atoms with Crippen LogP contribution in [0.2, 0.25) is 0 Å². The van der Waals surface area contributed by atoms with Crippen molar-refractivity contribution in [3.63, 3.8) is 0 Å². The fraction of sp³-hybridized carbons (Fsp3) is 0.636. The topological polar surface area (TPSA) is 209 Å². The average Bonchev–Trinajstić information content (AvgIpc) is 3.02. The number of allylic oxidation sites excluding steroid dienone is 2. The van der Waals surface area contributed by atoms with E-state index in [9.17, 15) is 29.4 Å². The van der Waals surface area contributed by atoms with Gasteiger partial charge in [-0.3, -0.25) is 19.2 Å². The summed E-state index contributed by atoms with van der Waals surface area (Å²) in [5, 5.41) is 42.8. The summed E-state index contributed by atoms with van der Waals surface area (Å²) in [5.41, 5.74) is 5.91. The van der Waals surface area contributed by atoms with Crippen molar-refractivity contribution in [3.8, 4) is 17.2 Å². The van der Waals surface area contributed by atoms with Gasteiger partial charge in [-0.05, 0) is 51.0 Å². The average molecular weight is 668 g/mol. The highest BCUT2D eigenvalue weighted by atomic mass is 32.2. The van der Waals surface area contributed by atoms with Crippen LogP contribution in [0.25, 0.3) is 0 Å². The number of benzene rings is 1. The summed E-state index contributed by atoms with van der Waals surface area (Å²) in [6.07, 6.45) is 19.6. The molecule has 12 nitrogen and oxygen atoms in total. The van der Waals surface area contributed by atoms with E-state index in [2.05, 4.69) is 29.7 Å². The molecular formula is C33H53N3O9S. The Bertz CT molecular complexity index is 1130. The van der Waals surface area contributed by atoms with Gasteiger partial charge in [-0.2, -0.15) is 0 Å². The maximum absolute atomic E-state index is 12.7. The Morgan fingerprint density at radius 1 is 0.935 bits per heavy atom. The lowest BCUT2D eigenvalue weighted by Gasteiger charge is -2.21. The zero-order valence-corrected chi connectivity index (χ0v) is 28.0. The van der Waals surface area contributed by atoms with Crippen molar-refractivity contribution in [1.82, 2.24) is 10.6 Å². The van der Waals surface area contributed by atoms with E-state index in [-0.39, 0.29) is 35.0 Å². The number of nitrogens with one attached hydrogen (secondary N) is 2. The Kier molecular flexibility index (Phi) is 21.0. The first-order chi connectivity index (χ1) is 22.0. The monoisotopic (exact) mass is 667 g/mol. The second-order valence-corrected chi connectivity index (χ2v) is 12.4. The summed E-state index contributed by atoms with van der Waals surface area (Å²) < 4.78 is 5.36. The molecule has 8 N–H and O–H groups in total. The van der Waals surface area contributed by atoms with Gasteiger partial charge in [0.05, 0.1) is 12.0 Å². The molecule has 1 rings (SSSR count). The zero-order valence-electron chi connectivity index (χ0n) is 27.2. The molecule has 13 heteroatoms. The Morgan fingerprint density at radius 3 is 2.09 bits per heavy atom. The molecule has 0 aliphatic rings. The molecule has 0 heterocycles. The summed E-state index contributed by atoms with van der Waals surface area (Å²) in [5.74, 6) is -4.79. The standard InChI is InChI=1S/C33H53N3O9S/c1-3-4-5-6-7-8-9-10-11-12-13-14-15-16-17-18-23-21-25(37)30(29(45-2)28(23)41)46-32(31(42)35-22-27(39)40)36-26(38)20-19-24(34)33(43)44/h8-9,21,24,32,37,41H,3-7,10-20,22,34H2,1-2H3,(H,35,42)(H,36,38)(H,39,40)(H,43,44)/b9-8+/t24-,32-/m0/s1. The minimum atomic E-state index is -1.44. The van der Waals surface area contributed by atoms with Crippen LogP contribution in [0.1, 0.15) is 109 Å². The Hall–Kier alpha value is -3.45. The second kappa shape index (κ2) is 23.8. The van der Waals surface area contributed by atoms with Crippen LogP contribution < -0.4 is 21.1 Å². The number of amides is 2. The number of thioether (sulfide) groups is 1. The van der Waals surface area contributed by atoms with Crippen molar-refractivity contribution in [3.05, 3.63) is 23.8 Å². The van der Waals surface area contributed by atoms with Gasteiger partial charge in [0.15, 0.2) is 16.9 Å². The van der Waals surface area contributed by atoms with Crippen molar-refractivity contribution < 1.29 is 44.3 Å². The Morgan fingerprint density at radius 2 is 1.52 bits per heavy atom. The number of methoxy groups -OCH3 is 1. The molecule has 2 atom stereocenters. The molecule has 0 bridgehead atoms. The number of carbonyl (C=O) groups excluding carboxylic acids is 2. The molecule has 0 saturated carbocycles. The molecule has 0 saturated heterocycles. The molecule has 0 unspecified atom stereocenters. The van der Waals surface area contributed by atoms with E-state index in [1.54, 1.807) is 0 Å². The van der Waals surface area contributed by atoms with E-state index in [1.165, 1.54) is 64.5 Å². The van der Waals surface area contributed by atoms with E-state index in [0.29, 0.717) is 23.7 Å². The van der Waals surface area contributed by atoms with E-state index in [0.717, 1.165) is 32.1 Å². The summed E-state index contributed by atoms with van der Waals surface area (Å²) in [6, 6.07) is 0.103. The SMILES string of the molecule is CCCCCC/C=C/CCCCCCCCCc1cc(O)c(S[C@H](NC(=O)CC[C@H](N)C(=O)O)C(=O)NCC(=O)O)c(OC)c1O. The number of hydrogen-bond donors (Lipinski definition) is 7. The van der Waals surface area contributed by atoms with Crippen LogP contribution in [0.4, 0.5) is 0 Å². The van der Waals surface area contributed by atoms with E-state index >= 15 is 0 Å². The number of ether oxygens (including phenoxy) is 1. The molecule has 46 heavy (non-hydrogen) atoms. The van der Waals surface area contributed by atoms with Gasteiger partial charge >= 0.3 is 11.9 Å². The fourth-order valence-corrected chi connectivity index (χ4v) is 5.78. The Balaban J connectivity index is 2.69. The van der Waals surface area contributed by atoms with Crippen molar-refractivity contribution in [2.75, 3.05) is 13.7 Å². The molecular weight excluding hydrogens is 614 g/mol. The normalized spacial score (nSPS) is 12.5. The highest BCUT2D eigenvalue weighted by molar-refractivity contribution is 8.00. The van der Waals surface area contributed by atoms with Crippen LogP contribution in [0.5, 0.6) is 17.2 Å². The lowest BCUT2D eigenvalue weighted by atomic mass is 10.0. The van der Waals surface area contributed by atoms with Gasteiger partial charge in [0, 0.05) is 12.0 Å². The number of phenolic OH excluding ortho intramolecular Hbond substituents is 2. The number of hydrogen-bond acceptors (Lipinski definition) is 9. The van der Waals surface area contributed by atoms with Crippen molar-refractivity contribution in [2.24, 2.45) is 5.73 Å². The summed E-state index contributed by atoms with van der Waals surface area (Å²) in [6.45, 7) is 1.50. The fourth-order valence-electron chi connectivity index (χ4n) is 4.70. The second-order valence-electron chi connectivity index (χ2n) is 11.3. The van der Waals surface area contributed by atoms with Gasteiger partial charge in [-0.25, -0.2) is 0 Å². The lowest BCUT2D eigenvalue weighted by Crippen LogP contribution is -2.46. The number of aryl methyl sites for hydroxylation is 1. The van der Waals surface area contributed by atoms with Gasteiger partial charge in [-0.1, -0.05) is 82.2 Å². The first-order valence-corrected chi connectivity index (χ1v) is 17.1. The molecule has 1 aromatic rings. The highest BCUT2D eigenvalue weighted by Crippen LogP contribution is 2.46. The number of carboxylic acids is 2. The number of carbonyl (C=O) groups is 4. The van der Waals surface area contributed by atoms with Crippen LogP contribution in [-0.4, -0.2) is 69.2 Å². The Labute approximate surface area is 276 Å². The number of carboxylic acid groups (broad SMARTS) is 2. The summed E-state index contributed by atoms with van der Waals surface area (Å²) >= 11 is 0.644. The largest absolute Gasteiger partial charge is 0.507 e. The minimum Gasteiger partial charge on any atom is -0.507 e. The smallest absolute Gasteiger partial charge is 0.322 e. The van der Waals surface area contributed by atoms with Crippen LogP contribution in [-0.2, 0) is 25.6 Å². The number of aromatic hydroxyl groups is 2. The van der Waals surface area contributed by atoms with Crippen LogP contribution in [0.3, 0.4) is 0 Å². The van der Waals surface area contributed by atoms with Gasteiger partial charge in [0.2, 0.25) is 5.91 Å². The molecule has 0 aliphatic heterocycles. The predicted octanol–water partition coefficient (Wildman–Crippen LogP) is 5.22. The minimum absolute atomic E-state index is 0.0342. The number of rotatable bonds is 26. The third kappa shape index (κ3) is 16.7. The maximum Gasteiger partial charge on any atom is 0.322 e. The predicted molar refractivity (Wildman–Crippen MR) is 178 cm³/mol. The highest BCUT2D eigenvalue weighted by Gasteiger charge is 2.28. The van der Waals surface area contributed by atoms with E-state index < -0.39 is 41.7 Å². The molecule has 0 aliphatic carbocycles. The van der Waals surface area contributed by atoms with Crippen molar-refractivity contribution in [1.29, 1.82) is 0 Å². The molecule has 260 valence electrons. The van der Waals surface area contributed by atoms with Crippen molar-refractivity contribution in [2.45, 2.75) is 126 Å². The van der Waals surface area contributed by atoms with Crippen molar-refractivity contribution >= 4 is 35.5 Å². The first kappa shape index (κ1) is 40.6. The number of unbranched alkanes of at least 4 members (excludes halogenated alkanes) is 11. The van der Waals surface area contributed by atoms with Crippen LogP contribution in [0, 0.1) is 0 Å². The molecule has 0 aromatic heterocycles. The number of nitrogens with two attached hydrogens (primary N) is 1. The van der Waals surface area contributed by atoms with E-state index in [4.69, 9.17) is 20.7 Å². The van der Waals surface area contributed by atoms with E-state index in [1.807, 2.05) is 0 Å². The summed E-state index contributed by atoms with van der Waals surface area (Å²) in [4.78, 5) is 47.1. The van der Waals surface area contributed by atoms with Gasteiger partial charge in [0.1, 0.15) is 18.3 Å². The first-order valence-electron chi connectivity index (χ1n) is 16.2. The van der Waals surface area contributed by atoms with Gasteiger partial charge in [-0.15, -0.1) is 0 Å². The third-order valence-corrected chi connectivity index (χ3v) is 8.56. The third-order valence-electron chi connectivity index (χ3n) is 7.36. The van der Waals surface area contributed by atoms with Gasteiger partial charge < -0.3 is 41.5 Å². The quantitative estimate of drug-likeness (QED) is 0.0224. The lowest BCUT2D eigenvalue weighted by molar-refractivity contribution is -0.139.